The molecule has 0 bridgehead atoms. The number of benzene rings is 1. The topological polar surface area (TPSA) is 46.5 Å². The van der Waals surface area contributed by atoms with Gasteiger partial charge in [0.25, 0.3) is 0 Å². The summed E-state index contributed by atoms with van der Waals surface area (Å²) in [5.41, 5.74) is 0.774. The summed E-state index contributed by atoms with van der Waals surface area (Å²) >= 11 is 0. The first-order valence-corrected chi connectivity index (χ1v) is 5.19. The summed E-state index contributed by atoms with van der Waals surface area (Å²) in [5, 5.41) is 8.09. The van der Waals surface area contributed by atoms with E-state index in [-0.39, 0.29) is 5.78 Å². The van der Waals surface area contributed by atoms with Gasteiger partial charge in [-0.1, -0.05) is 36.8 Å². The van der Waals surface area contributed by atoms with Crippen LogP contribution in [-0.2, 0) is 4.89 Å². The van der Waals surface area contributed by atoms with Crippen LogP contribution >= 0.6 is 0 Å². The number of ketones is 1. The van der Waals surface area contributed by atoms with E-state index in [1.165, 1.54) is 0 Å². The zero-order valence-electron chi connectivity index (χ0n) is 8.69. The van der Waals surface area contributed by atoms with Crippen LogP contribution in [0.25, 0.3) is 0 Å². The summed E-state index contributed by atoms with van der Waals surface area (Å²) in [6, 6.07) is 9.30. The van der Waals surface area contributed by atoms with Crippen molar-refractivity contribution in [3.05, 3.63) is 35.9 Å². The number of hydrogen-bond acceptors (Lipinski definition) is 3. The molecule has 15 heavy (non-hydrogen) atoms. The van der Waals surface area contributed by atoms with Gasteiger partial charge in [-0.3, -0.25) is 10.1 Å². The van der Waals surface area contributed by atoms with Crippen molar-refractivity contribution in [2.24, 2.45) is 0 Å². The molecule has 0 amide bonds. The second-order valence-electron chi connectivity index (χ2n) is 3.43. The number of Topliss-reactive ketones (excluding diaryl/α,β-unsaturated/α-hetero) is 1. The third-order valence-corrected chi connectivity index (χ3v) is 2.24. The quantitative estimate of drug-likeness (QED) is 0.324. The minimum atomic E-state index is 0.181. The monoisotopic (exact) mass is 208 g/mol. The average molecular weight is 208 g/mol. The van der Waals surface area contributed by atoms with E-state index in [9.17, 15) is 4.79 Å². The number of hydrogen-bond donors (Lipinski definition) is 1. The van der Waals surface area contributed by atoms with Gasteiger partial charge in [0.1, 0.15) is 0 Å². The Morgan fingerprint density at radius 1 is 1.13 bits per heavy atom. The SMILES string of the molecule is O=C(CCCCCOO)c1ccccc1. The van der Waals surface area contributed by atoms with E-state index in [0.717, 1.165) is 24.8 Å². The Labute approximate surface area is 89.6 Å². The van der Waals surface area contributed by atoms with Gasteiger partial charge in [0, 0.05) is 12.0 Å². The zero-order valence-corrected chi connectivity index (χ0v) is 8.69. The van der Waals surface area contributed by atoms with E-state index in [4.69, 9.17) is 5.26 Å². The Balaban J connectivity index is 2.20. The molecule has 82 valence electrons. The van der Waals surface area contributed by atoms with Crippen molar-refractivity contribution < 1.29 is 14.9 Å². The molecule has 1 aromatic rings. The first-order valence-electron chi connectivity index (χ1n) is 5.19. The van der Waals surface area contributed by atoms with Crippen LogP contribution in [0.2, 0.25) is 0 Å². The maximum absolute atomic E-state index is 11.6. The molecule has 0 aliphatic carbocycles. The molecule has 0 aliphatic rings. The third-order valence-electron chi connectivity index (χ3n) is 2.24. The minimum Gasteiger partial charge on any atom is -0.294 e. The normalized spacial score (nSPS) is 10.2. The van der Waals surface area contributed by atoms with Gasteiger partial charge in [-0.15, -0.1) is 0 Å². The second-order valence-corrected chi connectivity index (χ2v) is 3.43. The van der Waals surface area contributed by atoms with Crippen molar-refractivity contribution in [1.82, 2.24) is 0 Å². The van der Waals surface area contributed by atoms with Gasteiger partial charge in [-0.25, -0.2) is 4.89 Å². The van der Waals surface area contributed by atoms with Gasteiger partial charge in [-0.2, -0.15) is 0 Å². The fourth-order valence-corrected chi connectivity index (χ4v) is 1.40. The van der Waals surface area contributed by atoms with Crippen LogP contribution in [-0.4, -0.2) is 17.6 Å². The summed E-state index contributed by atoms with van der Waals surface area (Å²) in [4.78, 5) is 15.5. The first-order chi connectivity index (χ1) is 7.34. The molecule has 0 saturated carbocycles. The standard InChI is InChI=1S/C12H16O3/c13-12(9-5-2-6-10-15-14)11-7-3-1-4-8-11/h1,3-4,7-8,14H,2,5-6,9-10H2. The molecule has 0 saturated heterocycles. The van der Waals surface area contributed by atoms with Crippen molar-refractivity contribution in [1.29, 1.82) is 0 Å². The molecule has 0 unspecified atom stereocenters. The highest BCUT2D eigenvalue weighted by atomic mass is 17.1. The lowest BCUT2D eigenvalue weighted by molar-refractivity contribution is -0.242. The maximum atomic E-state index is 11.6. The largest absolute Gasteiger partial charge is 0.294 e. The van der Waals surface area contributed by atoms with Gasteiger partial charge in [0.15, 0.2) is 5.78 Å². The predicted molar refractivity (Wildman–Crippen MR) is 57.8 cm³/mol. The Kier molecular flexibility index (Phi) is 5.66. The summed E-state index contributed by atoms with van der Waals surface area (Å²) in [5.74, 6) is 0.181. The Bertz CT molecular complexity index is 282. The van der Waals surface area contributed by atoms with Crippen LogP contribution in [0.1, 0.15) is 36.0 Å². The molecule has 1 rings (SSSR count). The molecule has 0 fully saturated rings. The van der Waals surface area contributed by atoms with Crippen LogP contribution in [0.3, 0.4) is 0 Å². The molecule has 0 spiro atoms. The highest BCUT2D eigenvalue weighted by Gasteiger charge is 2.03. The fraction of sp³-hybridized carbons (Fsp3) is 0.417. The average Bonchev–Trinajstić information content (AvgIpc) is 2.30. The highest BCUT2D eigenvalue weighted by Crippen LogP contribution is 2.07. The molecular weight excluding hydrogens is 192 g/mol. The van der Waals surface area contributed by atoms with Crippen molar-refractivity contribution in [2.45, 2.75) is 25.7 Å². The van der Waals surface area contributed by atoms with Crippen LogP contribution in [0, 0.1) is 0 Å². The lowest BCUT2D eigenvalue weighted by atomic mass is 10.1. The Hall–Kier alpha value is -1.19. The number of carbonyl (C=O) groups is 1. The summed E-state index contributed by atoms with van der Waals surface area (Å²) in [6.45, 7) is 0.347. The molecule has 0 aromatic heterocycles. The van der Waals surface area contributed by atoms with E-state index < -0.39 is 0 Å². The molecule has 0 radical (unpaired) electrons. The Morgan fingerprint density at radius 3 is 2.53 bits per heavy atom. The van der Waals surface area contributed by atoms with Gasteiger partial charge in [0.2, 0.25) is 0 Å². The lowest BCUT2D eigenvalue weighted by Crippen LogP contribution is -1.98. The minimum absolute atomic E-state index is 0.181. The predicted octanol–water partition coefficient (Wildman–Crippen LogP) is 2.92. The van der Waals surface area contributed by atoms with Crippen molar-refractivity contribution in [2.75, 3.05) is 6.61 Å². The van der Waals surface area contributed by atoms with E-state index in [1.54, 1.807) is 0 Å². The molecule has 3 heteroatoms. The second kappa shape index (κ2) is 7.15. The highest BCUT2D eigenvalue weighted by molar-refractivity contribution is 5.95. The molecule has 0 heterocycles. The lowest BCUT2D eigenvalue weighted by Gasteiger charge is -2.00. The van der Waals surface area contributed by atoms with Crippen molar-refractivity contribution in [3.63, 3.8) is 0 Å². The molecule has 0 aliphatic heterocycles. The smallest absolute Gasteiger partial charge is 0.162 e. The Morgan fingerprint density at radius 2 is 1.87 bits per heavy atom. The third kappa shape index (κ3) is 4.72. The van der Waals surface area contributed by atoms with Crippen LogP contribution in [0.4, 0.5) is 0 Å². The van der Waals surface area contributed by atoms with E-state index in [2.05, 4.69) is 4.89 Å². The number of carbonyl (C=O) groups excluding carboxylic acids is 1. The van der Waals surface area contributed by atoms with Crippen molar-refractivity contribution in [3.8, 4) is 0 Å². The van der Waals surface area contributed by atoms with E-state index >= 15 is 0 Å². The first kappa shape index (κ1) is 11.9. The number of rotatable bonds is 7. The molecule has 1 aromatic carbocycles. The van der Waals surface area contributed by atoms with Gasteiger partial charge < -0.3 is 0 Å². The maximum Gasteiger partial charge on any atom is 0.162 e. The van der Waals surface area contributed by atoms with Crippen LogP contribution in [0.15, 0.2) is 30.3 Å². The van der Waals surface area contributed by atoms with Crippen LogP contribution in [0.5, 0.6) is 0 Å². The summed E-state index contributed by atoms with van der Waals surface area (Å²) in [6.07, 6.45) is 3.10. The number of unbranched alkanes of at least 4 members (excludes halogenated alkanes) is 2. The molecule has 0 atom stereocenters. The molecule has 1 N–H and O–H groups in total. The van der Waals surface area contributed by atoms with Gasteiger partial charge in [0.05, 0.1) is 6.61 Å². The fourth-order valence-electron chi connectivity index (χ4n) is 1.40. The van der Waals surface area contributed by atoms with E-state index in [1.807, 2.05) is 30.3 Å². The molecular formula is C12H16O3. The zero-order chi connectivity index (χ0) is 10.9. The van der Waals surface area contributed by atoms with Gasteiger partial charge >= 0.3 is 0 Å². The van der Waals surface area contributed by atoms with Crippen molar-refractivity contribution >= 4 is 5.78 Å². The van der Waals surface area contributed by atoms with Crippen LogP contribution < -0.4 is 0 Å². The van der Waals surface area contributed by atoms with E-state index in [0.29, 0.717) is 13.0 Å². The molecule has 3 nitrogen and oxygen atoms in total. The summed E-state index contributed by atoms with van der Waals surface area (Å²) < 4.78 is 0. The summed E-state index contributed by atoms with van der Waals surface area (Å²) in [7, 11) is 0. The van der Waals surface area contributed by atoms with Gasteiger partial charge in [-0.05, 0) is 12.8 Å².